The number of carboxylic acids is 1. The molecule has 0 aliphatic rings. The first-order chi connectivity index (χ1) is 9.08. The summed E-state index contributed by atoms with van der Waals surface area (Å²) in [6.45, 7) is 8.93. The molecule has 0 saturated heterocycles. The van der Waals surface area contributed by atoms with Crippen molar-refractivity contribution in [3.05, 3.63) is 55.1 Å². The highest BCUT2D eigenvalue weighted by Gasteiger charge is 2.12. The molecule has 0 spiro atoms. The van der Waals surface area contributed by atoms with Crippen LogP contribution in [0.5, 0.6) is 0 Å². The minimum absolute atomic E-state index is 0.332. The summed E-state index contributed by atoms with van der Waals surface area (Å²) in [7, 11) is 0. The first-order valence-corrected chi connectivity index (χ1v) is 6.12. The summed E-state index contributed by atoms with van der Waals surface area (Å²) < 4.78 is 0. The van der Waals surface area contributed by atoms with Crippen LogP contribution in [0.25, 0.3) is 0 Å². The molecule has 4 nitrogen and oxygen atoms in total. The average molecular weight is 260 g/mol. The summed E-state index contributed by atoms with van der Waals surface area (Å²) in [4.78, 5) is 12.8. The Bertz CT molecular complexity index is 430. The zero-order chi connectivity index (χ0) is 14.3. The van der Waals surface area contributed by atoms with Crippen molar-refractivity contribution in [3.8, 4) is 0 Å². The highest BCUT2D eigenvalue weighted by Crippen LogP contribution is 2.16. The van der Waals surface area contributed by atoms with Gasteiger partial charge in [-0.2, -0.15) is 0 Å². The normalized spacial score (nSPS) is 11.6. The molecular weight excluding hydrogens is 240 g/mol. The molecule has 0 aromatic heterocycles. The molecule has 0 fully saturated rings. The molecular formula is C15H20N2O2. The fourth-order valence-electron chi connectivity index (χ4n) is 1.78. The first-order valence-electron chi connectivity index (χ1n) is 6.12. The van der Waals surface area contributed by atoms with Crippen molar-refractivity contribution in [1.82, 2.24) is 0 Å². The van der Waals surface area contributed by atoms with E-state index in [1.165, 1.54) is 0 Å². The lowest BCUT2D eigenvalue weighted by molar-refractivity contribution is -0.138. The summed E-state index contributed by atoms with van der Waals surface area (Å²) >= 11 is 0. The molecule has 0 aliphatic heterocycles. The van der Waals surface area contributed by atoms with Crippen LogP contribution < -0.4 is 10.6 Å². The molecule has 1 unspecified atom stereocenters. The van der Waals surface area contributed by atoms with Gasteiger partial charge in [-0.1, -0.05) is 24.3 Å². The second-order valence-electron chi connectivity index (χ2n) is 4.30. The Hall–Kier alpha value is -2.07. The average Bonchev–Trinajstić information content (AvgIpc) is 2.39. The Morgan fingerprint density at radius 3 is 2.21 bits per heavy atom. The maximum Gasteiger partial charge on any atom is 0.320 e. The minimum atomic E-state index is -0.982. The number of nitrogens with zero attached hydrogens (tertiary/aromatic N) is 1. The van der Waals surface area contributed by atoms with Crippen LogP contribution in [0.15, 0.2) is 49.6 Å². The predicted octanol–water partition coefficient (Wildman–Crippen LogP) is 1.82. The lowest BCUT2D eigenvalue weighted by Crippen LogP contribution is -2.32. The highest BCUT2D eigenvalue weighted by atomic mass is 16.4. The number of hydrogen-bond donors (Lipinski definition) is 2. The van der Waals surface area contributed by atoms with Crippen LogP contribution in [0, 0.1) is 0 Å². The van der Waals surface area contributed by atoms with Crippen LogP contribution in [0.3, 0.4) is 0 Å². The zero-order valence-electron chi connectivity index (χ0n) is 11.0. The molecule has 0 aliphatic carbocycles. The molecule has 4 heteroatoms. The molecule has 0 saturated carbocycles. The van der Waals surface area contributed by atoms with E-state index in [1.54, 1.807) is 0 Å². The molecule has 1 rings (SSSR count). The molecule has 0 radical (unpaired) electrons. The Morgan fingerprint density at radius 1 is 1.26 bits per heavy atom. The molecule has 0 amide bonds. The minimum Gasteiger partial charge on any atom is -0.480 e. The number of rotatable bonds is 8. The van der Waals surface area contributed by atoms with Gasteiger partial charge < -0.3 is 15.7 Å². The standard InChI is InChI=1S/C15H20N2O2/c1-3-9-17(10-4-2)13-7-5-12(6-8-13)11-14(16)15(18)19/h3-8,14H,1-2,9-11,16H2,(H,18,19). The van der Waals surface area contributed by atoms with Gasteiger partial charge in [-0.3, -0.25) is 4.79 Å². The summed E-state index contributed by atoms with van der Waals surface area (Å²) in [6.07, 6.45) is 3.99. The van der Waals surface area contributed by atoms with E-state index in [1.807, 2.05) is 36.4 Å². The quantitative estimate of drug-likeness (QED) is 0.700. The van der Waals surface area contributed by atoms with Gasteiger partial charge in [-0.05, 0) is 24.1 Å². The molecule has 1 atom stereocenters. The van der Waals surface area contributed by atoms with Gasteiger partial charge in [-0.15, -0.1) is 13.2 Å². The van der Waals surface area contributed by atoms with Gasteiger partial charge in [0, 0.05) is 18.8 Å². The van der Waals surface area contributed by atoms with Crippen LogP contribution >= 0.6 is 0 Å². The molecule has 0 heterocycles. The number of benzene rings is 1. The summed E-state index contributed by atoms with van der Waals surface area (Å²) in [5, 5.41) is 8.77. The fraction of sp³-hybridized carbons (Fsp3) is 0.267. The molecule has 3 N–H and O–H groups in total. The van der Waals surface area contributed by atoms with Gasteiger partial charge in [0.05, 0.1) is 0 Å². The Balaban J connectivity index is 2.76. The van der Waals surface area contributed by atoms with Crippen molar-refractivity contribution < 1.29 is 9.90 Å². The van der Waals surface area contributed by atoms with Crippen molar-refractivity contribution >= 4 is 11.7 Å². The summed E-state index contributed by atoms with van der Waals surface area (Å²) in [6, 6.07) is 6.85. The molecule has 1 aromatic rings. The van der Waals surface area contributed by atoms with Gasteiger partial charge in [0.25, 0.3) is 0 Å². The third-order valence-corrected chi connectivity index (χ3v) is 2.77. The number of hydrogen-bond acceptors (Lipinski definition) is 3. The topological polar surface area (TPSA) is 66.6 Å². The van der Waals surface area contributed by atoms with Crippen LogP contribution in [0.1, 0.15) is 5.56 Å². The predicted molar refractivity (Wildman–Crippen MR) is 78.4 cm³/mol. The molecule has 19 heavy (non-hydrogen) atoms. The smallest absolute Gasteiger partial charge is 0.320 e. The van der Waals surface area contributed by atoms with E-state index in [2.05, 4.69) is 18.1 Å². The largest absolute Gasteiger partial charge is 0.480 e. The second-order valence-corrected chi connectivity index (χ2v) is 4.30. The van der Waals surface area contributed by atoms with Crippen molar-refractivity contribution in [2.75, 3.05) is 18.0 Å². The maximum atomic E-state index is 10.7. The second kappa shape index (κ2) is 7.38. The van der Waals surface area contributed by atoms with Gasteiger partial charge in [-0.25, -0.2) is 0 Å². The summed E-state index contributed by atoms with van der Waals surface area (Å²) in [5.74, 6) is -0.982. The first kappa shape index (κ1) is 15.0. The monoisotopic (exact) mass is 260 g/mol. The van der Waals surface area contributed by atoms with E-state index < -0.39 is 12.0 Å². The lowest BCUT2D eigenvalue weighted by Gasteiger charge is -2.21. The van der Waals surface area contributed by atoms with Crippen molar-refractivity contribution in [1.29, 1.82) is 0 Å². The van der Waals surface area contributed by atoms with Crippen LogP contribution in [-0.2, 0) is 11.2 Å². The number of carboxylic acid groups (broad SMARTS) is 1. The van der Waals surface area contributed by atoms with Crippen LogP contribution in [0.4, 0.5) is 5.69 Å². The molecule has 1 aromatic carbocycles. The fourth-order valence-corrected chi connectivity index (χ4v) is 1.78. The van der Waals surface area contributed by atoms with Gasteiger partial charge in [0.2, 0.25) is 0 Å². The van der Waals surface area contributed by atoms with E-state index in [0.717, 1.165) is 24.3 Å². The third-order valence-electron chi connectivity index (χ3n) is 2.77. The van der Waals surface area contributed by atoms with Gasteiger partial charge in [0.1, 0.15) is 6.04 Å². The van der Waals surface area contributed by atoms with E-state index >= 15 is 0 Å². The van der Waals surface area contributed by atoms with E-state index in [9.17, 15) is 4.79 Å². The molecule has 102 valence electrons. The number of aliphatic carboxylic acids is 1. The molecule has 0 bridgehead atoms. The number of carbonyl (C=O) groups is 1. The number of nitrogens with two attached hydrogens (primary N) is 1. The van der Waals surface area contributed by atoms with Crippen molar-refractivity contribution in [2.24, 2.45) is 5.73 Å². The Morgan fingerprint density at radius 2 is 1.79 bits per heavy atom. The van der Waals surface area contributed by atoms with E-state index in [4.69, 9.17) is 10.8 Å². The maximum absolute atomic E-state index is 10.7. The van der Waals surface area contributed by atoms with Crippen LogP contribution in [-0.4, -0.2) is 30.2 Å². The summed E-state index contributed by atoms with van der Waals surface area (Å²) in [5.41, 5.74) is 7.47. The van der Waals surface area contributed by atoms with E-state index in [-0.39, 0.29) is 0 Å². The SMILES string of the molecule is C=CCN(CC=C)c1ccc(CC(N)C(=O)O)cc1. The van der Waals surface area contributed by atoms with Crippen molar-refractivity contribution in [2.45, 2.75) is 12.5 Å². The van der Waals surface area contributed by atoms with Gasteiger partial charge >= 0.3 is 5.97 Å². The lowest BCUT2D eigenvalue weighted by atomic mass is 10.1. The Kier molecular flexibility index (Phi) is 5.82. The van der Waals surface area contributed by atoms with Crippen LogP contribution in [0.2, 0.25) is 0 Å². The zero-order valence-corrected chi connectivity index (χ0v) is 11.0. The Labute approximate surface area is 113 Å². The number of anilines is 1. The van der Waals surface area contributed by atoms with Crippen molar-refractivity contribution in [3.63, 3.8) is 0 Å². The third kappa shape index (κ3) is 4.60. The van der Waals surface area contributed by atoms with Gasteiger partial charge in [0.15, 0.2) is 0 Å². The van der Waals surface area contributed by atoms with E-state index in [0.29, 0.717) is 6.42 Å². The highest BCUT2D eigenvalue weighted by molar-refractivity contribution is 5.73.